The Morgan fingerprint density at radius 2 is 2.31 bits per heavy atom. The third-order valence-electron chi connectivity index (χ3n) is 1.68. The van der Waals surface area contributed by atoms with Gasteiger partial charge in [-0.15, -0.1) is 12.4 Å². The molecule has 0 fully saturated rings. The normalized spacial score (nSPS) is 10.0. The van der Waals surface area contributed by atoms with Crippen molar-refractivity contribution < 1.29 is 0 Å². The fourth-order valence-electron chi connectivity index (χ4n) is 1.11. The van der Waals surface area contributed by atoms with Gasteiger partial charge in [-0.05, 0) is 12.1 Å². The Kier molecular flexibility index (Phi) is 3.14. The molecule has 0 spiro atoms. The molecule has 0 unspecified atom stereocenters. The van der Waals surface area contributed by atoms with Gasteiger partial charge in [-0.3, -0.25) is 0 Å². The second kappa shape index (κ2) is 3.96. The maximum Gasteiger partial charge on any atom is 0.138 e. The highest BCUT2D eigenvalue weighted by Gasteiger charge is 1.98. The van der Waals surface area contributed by atoms with E-state index < -0.39 is 0 Å². The van der Waals surface area contributed by atoms with Crippen LogP contribution in [-0.4, -0.2) is 9.38 Å². The molecule has 2 rings (SSSR count). The number of rotatable bonds is 1. The number of nitrogens with two attached hydrogens (primary N) is 1. The lowest BCUT2D eigenvalue weighted by molar-refractivity contribution is 1.02. The number of pyridine rings is 1. The van der Waals surface area contributed by atoms with Gasteiger partial charge in [-0.1, -0.05) is 11.6 Å². The lowest BCUT2D eigenvalue weighted by Gasteiger charge is -1.90. The summed E-state index contributed by atoms with van der Waals surface area (Å²) in [5.41, 5.74) is 7.15. The third kappa shape index (κ3) is 1.94. The van der Waals surface area contributed by atoms with E-state index in [1.165, 1.54) is 0 Å². The molecule has 2 N–H and O–H groups in total. The Hall–Kier alpha value is -0.770. The molecule has 70 valence electrons. The number of aromatic nitrogens is 2. The highest BCUT2D eigenvalue weighted by molar-refractivity contribution is 6.30. The van der Waals surface area contributed by atoms with Gasteiger partial charge in [-0.25, -0.2) is 4.98 Å². The molecular weight excluding hydrogens is 209 g/mol. The second-order valence-corrected chi connectivity index (χ2v) is 2.98. The summed E-state index contributed by atoms with van der Waals surface area (Å²) < 4.78 is 1.90. The molecule has 5 heteroatoms. The van der Waals surface area contributed by atoms with Crippen LogP contribution >= 0.6 is 24.0 Å². The van der Waals surface area contributed by atoms with Crippen LogP contribution in [0.2, 0.25) is 5.02 Å². The zero-order chi connectivity index (χ0) is 8.55. The van der Waals surface area contributed by atoms with Crippen molar-refractivity contribution >= 4 is 29.7 Å². The van der Waals surface area contributed by atoms with Gasteiger partial charge in [0.1, 0.15) is 5.65 Å². The third-order valence-corrected chi connectivity index (χ3v) is 1.92. The van der Waals surface area contributed by atoms with Gasteiger partial charge in [-0.2, -0.15) is 0 Å². The highest BCUT2D eigenvalue weighted by atomic mass is 35.5. The summed E-state index contributed by atoms with van der Waals surface area (Å²) >= 11 is 5.79. The zero-order valence-corrected chi connectivity index (χ0v) is 8.35. The van der Waals surface area contributed by atoms with Crippen molar-refractivity contribution in [1.82, 2.24) is 9.38 Å². The van der Waals surface area contributed by atoms with E-state index in [2.05, 4.69) is 4.98 Å². The molecule has 2 heterocycles. The lowest BCUT2D eigenvalue weighted by Crippen LogP contribution is -1.95. The van der Waals surface area contributed by atoms with Crippen LogP contribution in [0, 0.1) is 0 Å². The summed E-state index contributed by atoms with van der Waals surface area (Å²) in [6, 6.07) is 3.62. The first kappa shape index (κ1) is 10.3. The van der Waals surface area contributed by atoms with Gasteiger partial charge in [0.15, 0.2) is 0 Å². The van der Waals surface area contributed by atoms with E-state index >= 15 is 0 Å². The van der Waals surface area contributed by atoms with Crippen molar-refractivity contribution in [3.63, 3.8) is 0 Å². The second-order valence-electron chi connectivity index (χ2n) is 2.55. The molecule has 0 saturated heterocycles. The minimum absolute atomic E-state index is 0. The molecule has 0 aliphatic heterocycles. The van der Waals surface area contributed by atoms with Gasteiger partial charge < -0.3 is 10.1 Å². The van der Waals surface area contributed by atoms with Crippen molar-refractivity contribution in [3.05, 3.63) is 35.2 Å². The molecule has 0 radical (unpaired) electrons. The number of fused-ring (bicyclic) bond motifs is 1. The van der Waals surface area contributed by atoms with Crippen molar-refractivity contribution in [2.45, 2.75) is 6.54 Å². The van der Waals surface area contributed by atoms with Crippen molar-refractivity contribution in [1.29, 1.82) is 0 Å². The summed E-state index contributed by atoms with van der Waals surface area (Å²) in [4.78, 5) is 4.25. The zero-order valence-electron chi connectivity index (χ0n) is 6.77. The smallest absolute Gasteiger partial charge is 0.138 e. The largest absolute Gasteiger partial charge is 0.325 e. The van der Waals surface area contributed by atoms with Crippen LogP contribution in [0.3, 0.4) is 0 Å². The van der Waals surface area contributed by atoms with Gasteiger partial charge >= 0.3 is 0 Å². The average Bonchev–Trinajstić information content (AvgIpc) is 2.46. The van der Waals surface area contributed by atoms with Crippen LogP contribution in [0.25, 0.3) is 5.65 Å². The van der Waals surface area contributed by atoms with E-state index in [9.17, 15) is 0 Å². The van der Waals surface area contributed by atoms with Crippen LogP contribution in [0.15, 0.2) is 24.5 Å². The maximum absolute atomic E-state index is 5.79. The SMILES string of the molecule is Cl.NCc1cn2ccc(Cl)cc2n1. The first-order chi connectivity index (χ1) is 5.79. The van der Waals surface area contributed by atoms with Gasteiger partial charge in [0, 0.05) is 24.0 Å². The molecule has 0 saturated carbocycles. The Morgan fingerprint density at radius 1 is 1.54 bits per heavy atom. The van der Waals surface area contributed by atoms with Crippen molar-refractivity contribution in [2.24, 2.45) is 5.73 Å². The summed E-state index contributed by atoms with van der Waals surface area (Å²) in [6.07, 6.45) is 3.76. The molecule has 2 aromatic rings. The molecule has 0 bridgehead atoms. The van der Waals surface area contributed by atoms with Gasteiger partial charge in [0.05, 0.1) is 5.69 Å². The predicted octanol–water partition coefficient (Wildman–Crippen LogP) is 1.87. The number of nitrogens with zero attached hydrogens (tertiary/aromatic N) is 2. The molecule has 2 aromatic heterocycles. The van der Waals surface area contributed by atoms with Crippen LogP contribution in [0.5, 0.6) is 0 Å². The molecule has 0 atom stereocenters. The molecule has 3 nitrogen and oxygen atoms in total. The van der Waals surface area contributed by atoms with Crippen LogP contribution < -0.4 is 5.73 Å². The molecule has 0 amide bonds. The van der Waals surface area contributed by atoms with E-state index in [0.717, 1.165) is 11.3 Å². The maximum atomic E-state index is 5.79. The lowest BCUT2D eigenvalue weighted by atomic mass is 10.5. The number of imidazole rings is 1. The van der Waals surface area contributed by atoms with Crippen molar-refractivity contribution in [3.8, 4) is 0 Å². The standard InChI is InChI=1S/C8H8ClN3.ClH/c9-6-1-2-12-5-7(4-10)11-8(12)3-6;/h1-3,5H,4,10H2;1H. The molecule has 0 aliphatic rings. The molecule has 13 heavy (non-hydrogen) atoms. The fourth-order valence-corrected chi connectivity index (χ4v) is 1.26. The number of halogens is 2. The summed E-state index contributed by atoms with van der Waals surface area (Å²) in [6.45, 7) is 0.458. The summed E-state index contributed by atoms with van der Waals surface area (Å²) in [5.74, 6) is 0. The number of hydrogen-bond acceptors (Lipinski definition) is 2. The quantitative estimate of drug-likeness (QED) is 0.793. The minimum atomic E-state index is 0. The number of hydrogen-bond donors (Lipinski definition) is 1. The highest BCUT2D eigenvalue weighted by Crippen LogP contribution is 2.11. The van der Waals surface area contributed by atoms with Gasteiger partial charge in [0.25, 0.3) is 0 Å². The molecule has 0 aliphatic carbocycles. The summed E-state index contributed by atoms with van der Waals surface area (Å²) in [5, 5.41) is 0.691. The van der Waals surface area contributed by atoms with E-state index in [0.29, 0.717) is 11.6 Å². The van der Waals surface area contributed by atoms with Crippen LogP contribution in [0.1, 0.15) is 5.69 Å². The van der Waals surface area contributed by atoms with Crippen LogP contribution in [-0.2, 0) is 6.54 Å². The van der Waals surface area contributed by atoms with E-state index in [4.69, 9.17) is 17.3 Å². The Balaban J connectivity index is 0.000000845. The van der Waals surface area contributed by atoms with Crippen molar-refractivity contribution in [2.75, 3.05) is 0 Å². The summed E-state index contributed by atoms with van der Waals surface area (Å²) in [7, 11) is 0. The fraction of sp³-hybridized carbons (Fsp3) is 0.125. The average molecular weight is 218 g/mol. The Morgan fingerprint density at radius 3 is 3.00 bits per heavy atom. The first-order valence-corrected chi connectivity index (χ1v) is 4.00. The van der Waals surface area contributed by atoms with E-state index in [1.807, 2.05) is 22.9 Å². The van der Waals surface area contributed by atoms with Gasteiger partial charge in [0.2, 0.25) is 0 Å². The predicted molar refractivity (Wildman–Crippen MR) is 55.3 cm³/mol. The minimum Gasteiger partial charge on any atom is -0.325 e. The first-order valence-electron chi connectivity index (χ1n) is 3.63. The van der Waals surface area contributed by atoms with E-state index in [1.54, 1.807) is 6.07 Å². The Bertz CT molecular complexity index is 411. The van der Waals surface area contributed by atoms with Crippen LogP contribution in [0.4, 0.5) is 0 Å². The molecule has 0 aromatic carbocycles. The molecular formula is C8H9Cl2N3. The van der Waals surface area contributed by atoms with E-state index in [-0.39, 0.29) is 12.4 Å². The Labute approximate surface area is 86.9 Å². The topological polar surface area (TPSA) is 43.3 Å². The monoisotopic (exact) mass is 217 g/mol.